The molecular formula is C19H24N2O. The minimum Gasteiger partial charge on any atom is -0.464 e. The van der Waals surface area contributed by atoms with Gasteiger partial charge in [-0.15, -0.1) is 0 Å². The van der Waals surface area contributed by atoms with E-state index in [1.165, 1.54) is 10.5 Å². The summed E-state index contributed by atoms with van der Waals surface area (Å²) < 4.78 is 0. The monoisotopic (exact) mass is 296 g/mol. The predicted molar refractivity (Wildman–Crippen MR) is 89.3 cm³/mol. The molecule has 1 amide bonds. The number of hydrogen-bond acceptors (Lipinski definition) is 1. The molecule has 0 heterocycles. The fourth-order valence-corrected chi connectivity index (χ4v) is 2.37. The van der Waals surface area contributed by atoms with E-state index in [4.69, 9.17) is 0 Å². The number of benzene rings is 2. The van der Waals surface area contributed by atoms with Crippen LogP contribution in [0.15, 0.2) is 60.7 Å². The van der Waals surface area contributed by atoms with Crippen LogP contribution in [0, 0.1) is 7.05 Å². The van der Waals surface area contributed by atoms with Crippen LogP contribution in [0.1, 0.15) is 28.8 Å². The van der Waals surface area contributed by atoms with Crippen LogP contribution in [0.2, 0.25) is 0 Å². The van der Waals surface area contributed by atoms with Crippen molar-refractivity contribution in [2.45, 2.75) is 19.4 Å². The molecule has 0 aliphatic rings. The van der Waals surface area contributed by atoms with E-state index in [2.05, 4.69) is 36.6 Å². The Kier molecular flexibility index (Phi) is 6.65. The normalized spacial score (nSPS) is 11.9. The summed E-state index contributed by atoms with van der Waals surface area (Å²) in [5.74, 6) is 0.00344. The van der Waals surface area contributed by atoms with Crippen molar-refractivity contribution < 1.29 is 9.69 Å². The molecule has 0 fully saturated rings. The lowest BCUT2D eigenvalue weighted by Crippen LogP contribution is -3.05. The summed E-state index contributed by atoms with van der Waals surface area (Å²) in [5, 5.41) is 2.95. The quantitative estimate of drug-likeness (QED) is 0.567. The van der Waals surface area contributed by atoms with Gasteiger partial charge in [0.05, 0.1) is 13.1 Å². The maximum atomic E-state index is 11.9. The molecule has 0 aliphatic carbocycles. The lowest BCUT2D eigenvalue weighted by Gasteiger charge is -2.20. The lowest BCUT2D eigenvalue weighted by molar-refractivity contribution is -0.868. The largest absolute Gasteiger partial charge is 0.464 e. The molecule has 2 N–H and O–H groups in total. The molecule has 2 aromatic rings. The number of carbonyl (C=O) groups excluding carboxylic acids is 1. The molecule has 116 valence electrons. The molecular weight excluding hydrogens is 272 g/mol. The maximum absolute atomic E-state index is 11.9. The molecule has 0 bridgehead atoms. The van der Waals surface area contributed by atoms with Crippen LogP contribution < -0.4 is 10.2 Å². The number of quaternary nitrogens is 1. The van der Waals surface area contributed by atoms with Gasteiger partial charge in [-0.1, -0.05) is 48.5 Å². The van der Waals surface area contributed by atoms with Crippen LogP contribution >= 0.6 is 0 Å². The number of unbranched alkanes of at least 4 members (excludes halogenated alkanes) is 1. The van der Waals surface area contributed by atoms with Crippen LogP contribution in [0.25, 0.3) is 0 Å². The molecule has 22 heavy (non-hydrogen) atoms. The Hall–Kier alpha value is -2.13. The summed E-state index contributed by atoms with van der Waals surface area (Å²) in [6, 6.07) is 19.7. The van der Waals surface area contributed by atoms with Crippen molar-refractivity contribution in [3.8, 4) is 0 Å². The fraction of sp³-hybridized carbons (Fsp3) is 0.263. The molecule has 2 rings (SSSR count). The topological polar surface area (TPSA) is 33.5 Å². The van der Waals surface area contributed by atoms with Crippen LogP contribution in [0.5, 0.6) is 0 Å². The van der Waals surface area contributed by atoms with Gasteiger partial charge in [0.15, 0.2) is 0 Å². The Balaban J connectivity index is 1.58. The molecule has 0 aromatic heterocycles. The first kappa shape index (κ1) is 16.2. The first-order valence-corrected chi connectivity index (χ1v) is 7.79. The van der Waals surface area contributed by atoms with Crippen LogP contribution in [-0.4, -0.2) is 19.0 Å². The van der Waals surface area contributed by atoms with Crippen molar-refractivity contribution in [1.82, 2.24) is 5.32 Å². The van der Waals surface area contributed by atoms with Gasteiger partial charge in [0, 0.05) is 17.7 Å². The number of rotatable bonds is 8. The van der Waals surface area contributed by atoms with E-state index in [0.29, 0.717) is 6.54 Å². The second-order valence-corrected chi connectivity index (χ2v) is 5.49. The van der Waals surface area contributed by atoms with E-state index in [0.717, 1.165) is 31.5 Å². The molecule has 0 radical (unpaired) electrons. The molecule has 0 aliphatic heterocycles. The van der Waals surface area contributed by atoms with Gasteiger partial charge in [0.1, 0.15) is 0 Å². The minimum absolute atomic E-state index is 0.00344. The van der Waals surface area contributed by atoms with Crippen LogP contribution in [0.3, 0.4) is 0 Å². The standard InChI is InChI=1S/C19H24N2O/c1-21(16-17-10-4-2-5-11-17)15-9-8-14-20-19(22)18-12-6-3-7-13-18/h2-7,10-13,21H,1,8-9,14-16H2,(H,20,22). The number of amides is 1. The Morgan fingerprint density at radius 3 is 2.27 bits per heavy atom. The SMILES string of the molecule is [CH2-][NH+](CCCCNC(=O)c1ccccc1)Cc1ccccc1. The zero-order chi connectivity index (χ0) is 15.6. The highest BCUT2D eigenvalue weighted by Crippen LogP contribution is 1.98. The van der Waals surface area contributed by atoms with E-state index >= 15 is 0 Å². The van der Waals surface area contributed by atoms with Crippen molar-refractivity contribution in [2.24, 2.45) is 0 Å². The Morgan fingerprint density at radius 1 is 0.955 bits per heavy atom. The van der Waals surface area contributed by atoms with Crippen molar-refractivity contribution in [2.75, 3.05) is 13.1 Å². The van der Waals surface area contributed by atoms with Gasteiger partial charge in [-0.05, 0) is 25.0 Å². The van der Waals surface area contributed by atoms with Crippen molar-refractivity contribution in [1.29, 1.82) is 0 Å². The maximum Gasteiger partial charge on any atom is 0.251 e. The Labute approximate surface area is 133 Å². The van der Waals surface area contributed by atoms with Gasteiger partial charge in [-0.25, -0.2) is 0 Å². The third kappa shape index (κ3) is 5.70. The second-order valence-electron chi connectivity index (χ2n) is 5.49. The first-order valence-electron chi connectivity index (χ1n) is 7.79. The van der Waals surface area contributed by atoms with E-state index in [9.17, 15) is 4.79 Å². The Bertz CT molecular complexity index is 554. The summed E-state index contributed by atoms with van der Waals surface area (Å²) in [6.45, 7) is 2.67. The summed E-state index contributed by atoms with van der Waals surface area (Å²) in [7, 11) is 4.14. The smallest absolute Gasteiger partial charge is 0.251 e. The summed E-state index contributed by atoms with van der Waals surface area (Å²) in [6.07, 6.45) is 2.03. The van der Waals surface area contributed by atoms with E-state index < -0.39 is 0 Å². The third-order valence-electron chi connectivity index (χ3n) is 3.58. The zero-order valence-electron chi connectivity index (χ0n) is 12.9. The van der Waals surface area contributed by atoms with Gasteiger partial charge < -0.3 is 10.2 Å². The van der Waals surface area contributed by atoms with Crippen molar-refractivity contribution in [3.05, 3.63) is 78.8 Å². The fourth-order valence-electron chi connectivity index (χ4n) is 2.37. The van der Waals surface area contributed by atoms with Gasteiger partial charge >= 0.3 is 0 Å². The lowest BCUT2D eigenvalue weighted by atomic mass is 10.2. The van der Waals surface area contributed by atoms with Gasteiger partial charge in [-0.3, -0.25) is 4.79 Å². The average molecular weight is 296 g/mol. The molecule has 0 saturated heterocycles. The highest BCUT2D eigenvalue weighted by Gasteiger charge is 2.03. The number of carbonyl (C=O) groups is 1. The average Bonchev–Trinajstić information content (AvgIpc) is 2.56. The minimum atomic E-state index is 0.00344. The third-order valence-corrected chi connectivity index (χ3v) is 3.58. The van der Waals surface area contributed by atoms with Crippen molar-refractivity contribution in [3.63, 3.8) is 0 Å². The second kappa shape index (κ2) is 9.00. The van der Waals surface area contributed by atoms with E-state index in [1.807, 2.05) is 36.4 Å². The summed E-state index contributed by atoms with van der Waals surface area (Å²) in [5.41, 5.74) is 2.03. The Morgan fingerprint density at radius 2 is 1.59 bits per heavy atom. The highest BCUT2D eigenvalue weighted by atomic mass is 16.1. The van der Waals surface area contributed by atoms with E-state index in [1.54, 1.807) is 0 Å². The molecule has 3 nitrogen and oxygen atoms in total. The number of nitrogens with one attached hydrogen (secondary N) is 2. The molecule has 0 saturated carbocycles. The molecule has 1 unspecified atom stereocenters. The van der Waals surface area contributed by atoms with Crippen molar-refractivity contribution >= 4 is 5.91 Å². The molecule has 3 heteroatoms. The van der Waals surface area contributed by atoms with Gasteiger partial charge in [-0.2, -0.15) is 7.05 Å². The van der Waals surface area contributed by atoms with E-state index in [-0.39, 0.29) is 5.91 Å². The molecule has 2 aromatic carbocycles. The zero-order valence-corrected chi connectivity index (χ0v) is 12.9. The van der Waals surface area contributed by atoms with Crippen LogP contribution in [0.4, 0.5) is 0 Å². The first-order chi connectivity index (χ1) is 10.8. The molecule has 1 atom stereocenters. The predicted octanol–water partition coefficient (Wildman–Crippen LogP) is 2.07. The highest BCUT2D eigenvalue weighted by molar-refractivity contribution is 5.94. The summed E-state index contributed by atoms with van der Waals surface area (Å²) in [4.78, 5) is 13.1. The molecule has 0 spiro atoms. The number of hydrogen-bond donors (Lipinski definition) is 2. The van der Waals surface area contributed by atoms with Gasteiger partial charge in [0.2, 0.25) is 0 Å². The van der Waals surface area contributed by atoms with Crippen LogP contribution in [-0.2, 0) is 6.54 Å². The van der Waals surface area contributed by atoms with Gasteiger partial charge in [0.25, 0.3) is 5.91 Å². The summed E-state index contributed by atoms with van der Waals surface area (Å²) >= 11 is 0.